The molecule has 1 heterocycles. The zero-order valence-corrected chi connectivity index (χ0v) is 12.6. The third-order valence-corrected chi connectivity index (χ3v) is 3.79. The highest BCUT2D eigenvalue weighted by molar-refractivity contribution is 5.25. The molecule has 1 atom stereocenters. The highest BCUT2D eigenvalue weighted by atomic mass is 16.5. The number of hydrogen-bond donors (Lipinski definition) is 1. The smallest absolute Gasteiger partial charge is 0.335 e. The minimum absolute atomic E-state index is 0.420. The molecule has 5 heteroatoms. The van der Waals surface area contributed by atoms with Crippen LogP contribution in [-0.4, -0.2) is 27.4 Å². The average Bonchev–Trinajstić information content (AvgIpc) is 3.24. The molecule has 0 bridgehead atoms. The van der Waals surface area contributed by atoms with E-state index in [9.17, 15) is 0 Å². The molecule has 1 N–H and O–H groups in total. The van der Waals surface area contributed by atoms with Crippen molar-refractivity contribution in [3.63, 3.8) is 0 Å². The summed E-state index contributed by atoms with van der Waals surface area (Å²) in [7, 11) is 1.83. The molecule has 1 aromatic heterocycles. The molecule has 3 rings (SSSR count). The third-order valence-electron chi connectivity index (χ3n) is 3.79. The third kappa shape index (κ3) is 4.04. The van der Waals surface area contributed by atoms with Gasteiger partial charge in [-0.05, 0) is 29.9 Å². The van der Waals surface area contributed by atoms with Gasteiger partial charge in [-0.2, -0.15) is 4.98 Å². The van der Waals surface area contributed by atoms with Crippen LogP contribution in [0.3, 0.4) is 0 Å². The van der Waals surface area contributed by atoms with Gasteiger partial charge in [0.1, 0.15) is 12.9 Å². The number of nitrogens with zero attached hydrogens (tertiary/aromatic N) is 3. The highest BCUT2D eigenvalue weighted by Gasteiger charge is 2.21. The van der Waals surface area contributed by atoms with Crippen molar-refractivity contribution in [3.05, 3.63) is 41.7 Å². The van der Waals surface area contributed by atoms with Gasteiger partial charge in [-0.1, -0.05) is 31.2 Å². The van der Waals surface area contributed by atoms with Crippen molar-refractivity contribution < 1.29 is 4.74 Å². The molecule has 2 aromatic rings. The van der Waals surface area contributed by atoms with Gasteiger partial charge in [0.2, 0.25) is 0 Å². The maximum atomic E-state index is 5.55. The summed E-state index contributed by atoms with van der Waals surface area (Å²) in [5.74, 6) is 0.540. The Bertz CT molecular complexity index is 574. The van der Waals surface area contributed by atoms with Gasteiger partial charge < -0.3 is 10.1 Å². The van der Waals surface area contributed by atoms with Crippen molar-refractivity contribution >= 4 is 0 Å². The number of aromatic nitrogens is 3. The van der Waals surface area contributed by atoms with E-state index in [1.807, 2.05) is 7.05 Å². The summed E-state index contributed by atoms with van der Waals surface area (Å²) < 4.78 is 7.18. The molecular weight excluding hydrogens is 264 g/mol. The Labute approximate surface area is 125 Å². The van der Waals surface area contributed by atoms with Crippen LogP contribution < -0.4 is 10.1 Å². The van der Waals surface area contributed by atoms with Gasteiger partial charge in [0, 0.05) is 19.6 Å². The minimum Gasteiger partial charge on any atom is -0.458 e. The first-order valence-electron chi connectivity index (χ1n) is 7.51. The second-order valence-corrected chi connectivity index (χ2v) is 5.81. The molecule has 112 valence electrons. The van der Waals surface area contributed by atoms with E-state index in [0.29, 0.717) is 18.5 Å². The summed E-state index contributed by atoms with van der Waals surface area (Å²) in [6, 6.07) is 9.79. The molecule has 0 spiro atoms. The van der Waals surface area contributed by atoms with Gasteiger partial charge in [0.05, 0.1) is 0 Å². The summed E-state index contributed by atoms with van der Waals surface area (Å²) in [5.41, 5.74) is 2.50. The molecule has 5 nitrogen and oxygen atoms in total. The molecule has 0 amide bonds. The number of aryl methyl sites for hydroxylation is 1. The maximum absolute atomic E-state index is 5.55. The Morgan fingerprint density at radius 3 is 2.71 bits per heavy atom. The van der Waals surface area contributed by atoms with E-state index >= 15 is 0 Å². The molecule has 1 saturated carbocycles. The minimum atomic E-state index is 0.420. The summed E-state index contributed by atoms with van der Waals surface area (Å²) in [4.78, 5) is 4.04. The van der Waals surface area contributed by atoms with Crippen molar-refractivity contribution in [2.45, 2.75) is 38.3 Å². The molecule has 0 aliphatic heterocycles. The first kappa shape index (κ1) is 14.1. The zero-order chi connectivity index (χ0) is 14.7. The first-order chi connectivity index (χ1) is 10.2. The van der Waals surface area contributed by atoms with Crippen molar-refractivity contribution in [2.24, 2.45) is 7.05 Å². The fraction of sp³-hybridized carbons (Fsp3) is 0.500. The van der Waals surface area contributed by atoms with Crippen LogP contribution in [0.1, 0.15) is 36.8 Å². The van der Waals surface area contributed by atoms with Crippen LogP contribution in [0, 0.1) is 0 Å². The predicted octanol–water partition coefficient (Wildman–Crippen LogP) is 2.25. The maximum Gasteiger partial charge on any atom is 0.335 e. The topological polar surface area (TPSA) is 52.0 Å². The van der Waals surface area contributed by atoms with Gasteiger partial charge in [0.15, 0.2) is 0 Å². The Morgan fingerprint density at radius 1 is 1.33 bits per heavy atom. The lowest BCUT2D eigenvalue weighted by Gasteiger charge is -2.13. The first-order valence-corrected chi connectivity index (χ1v) is 7.51. The van der Waals surface area contributed by atoms with E-state index in [-0.39, 0.29) is 0 Å². The second-order valence-electron chi connectivity index (χ2n) is 5.81. The Morgan fingerprint density at radius 2 is 2.10 bits per heavy atom. The van der Waals surface area contributed by atoms with Crippen LogP contribution in [0.15, 0.2) is 30.6 Å². The molecule has 1 aliphatic rings. The van der Waals surface area contributed by atoms with Crippen molar-refractivity contribution in [2.75, 3.05) is 6.54 Å². The van der Waals surface area contributed by atoms with Crippen LogP contribution >= 0.6 is 0 Å². The Kier molecular flexibility index (Phi) is 4.20. The Hall–Kier alpha value is -1.88. The number of rotatable bonds is 7. The van der Waals surface area contributed by atoms with Gasteiger partial charge in [0.25, 0.3) is 0 Å². The average molecular weight is 286 g/mol. The molecule has 1 unspecified atom stereocenters. The van der Waals surface area contributed by atoms with Crippen LogP contribution in [0.4, 0.5) is 0 Å². The van der Waals surface area contributed by atoms with E-state index < -0.39 is 0 Å². The number of nitrogens with one attached hydrogen (secondary N) is 1. The van der Waals surface area contributed by atoms with Crippen LogP contribution in [0.5, 0.6) is 6.01 Å². The SMILES string of the molecule is CC(CNC1CC1)c1ccc(COc2ncn(C)n2)cc1. The molecule has 21 heavy (non-hydrogen) atoms. The normalized spacial score (nSPS) is 15.9. The predicted molar refractivity (Wildman–Crippen MR) is 81.2 cm³/mol. The number of ether oxygens (including phenoxy) is 1. The van der Waals surface area contributed by atoms with E-state index in [1.165, 1.54) is 18.4 Å². The lowest BCUT2D eigenvalue weighted by molar-refractivity contribution is 0.280. The fourth-order valence-corrected chi connectivity index (χ4v) is 2.22. The molecule has 0 radical (unpaired) electrons. The van der Waals surface area contributed by atoms with Crippen LogP contribution in [0.2, 0.25) is 0 Å². The molecule has 1 aromatic carbocycles. The zero-order valence-electron chi connectivity index (χ0n) is 12.6. The summed E-state index contributed by atoms with van der Waals surface area (Å²) in [6.07, 6.45) is 4.31. The highest BCUT2D eigenvalue weighted by Crippen LogP contribution is 2.21. The second kappa shape index (κ2) is 6.26. The van der Waals surface area contributed by atoms with E-state index in [4.69, 9.17) is 4.74 Å². The lowest BCUT2D eigenvalue weighted by Crippen LogP contribution is -2.22. The largest absolute Gasteiger partial charge is 0.458 e. The molecule has 0 saturated heterocycles. The fourth-order valence-electron chi connectivity index (χ4n) is 2.22. The standard InChI is InChI=1S/C16H22N4O/c1-12(9-17-15-7-8-15)14-5-3-13(4-6-14)10-21-16-18-11-20(2)19-16/h3-6,11-12,15,17H,7-10H2,1-2H3. The van der Waals surface area contributed by atoms with E-state index in [2.05, 4.69) is 46.6 Å². The quantitative estimate of drug-likeness (QED) is 0.848. The van der Waals surface area contributed by atoms with Crippen molar-refractivity contribution in [1.82, 2.24) is 20.1 Å². The molecular formula is C16H22N4O. The summed E-state index contributed by atoms with van der Waals surface area (Å²) in [5, 5.41) is 7.67. The number of benzene rings is 1. The molecule has 1 fully saturated rings. The monoisotopic (exact) mass is 286 g/mol. The van der Waals surface area contributed by atoms with Gasteiger partial charge >= 0.3 is 6.01 Å². The lowest BCUT2D eigenvalue weighted by atomic mass is 10.00. The van der Waals surface area contributed by atoms with Crippen LogP contribution in [-0.2, 0) is 13.7 Å². The van der Waals surface area contributed by atoms with E-state index in [1.54, 1.807) is 11.0 Å². The summed E-state index contributed by atoms with van der Waals surface area (Å²) >= 11 is 0. The molecule has 1 aliphatic carbocycles. The summed E-state index contributed by atoms with van der Waals surface area (Å²) in [6.45, 7) is 3.82. The van der Waals surface area contributed by atoms with Crippen molar-refractivity contribution in [3.8, 4) is 6.01 Å². The van der Waals surface area contributed by atoms with Crippen molar-refractivity contribution in [1.29, 1.82) is 0 Å². The van der Waals surface area contributed by atoms with Crippen LogP contribution in [0.25, 0.3) is 0 Å². The van der Waals surface area contributed by atoms with Gasteiger partial charge in [-0.15, -0.1) is 5.10 Å². The van der Waals surface area contributed by atoms with Gasteiger partial charge in [-0.25, -0.2) is 0 Å². The number of hydrogen-bond acceptors (Lipinski definition) is 4. The Balaban J connectivity index is 1.50. The van der Waals surface area contributed by atoms with E-state index in [0.717, 1.165) is 18.2 Å². The van der Waals surface area contributed by atoms with Gasteiger partial charge in [-0.3, -0.25) is 4.68 Å².